The first-order valence-electron chi connectivity index (χ1n) is 11.7. The van der Waals surface area contributed by atoms with E-state index in [1.807, 2.05) is 0 Å². The van der Waals surface area contributed by atoms with E-state index in [0.29, 0.717) is 12.1 Å². The minimum absolute atomic E-state index is 0.0173. The summed E-state index contributed by atoms with van der Waals surface area (Å²) in [5.74, 6) is -3.80. The van der Waals surface area contributed by atoms with Gasteiger partial charge in [0.15, 0.2) is 0 Å². The van der Waals surface area contributed by atoms with Crippen LogP contribution in [0.3, 0.4) is 0 Å². The Bertz CT molecular complexity index is 1690. The molecule has 2 amide bonds. The number of pyridine rings is 1. The molecule has 41 heavy (non-hydrogen) atoms. The quantitative estimate of drug-likeness (QED) is 0.233. The number of hydrogen-bond donors (Lipinski definition) is 2. The fourth-order valence-corrected chi connectivity index (χ4v) is 4.68. The summed E-state index contributed by atoms with van der Waals surface area (Å²) in [6.07, 6.45) is -6.66. The lowest BCUT2D eigenvalue weighted by Crippen LogP contribution is -2.21. The summed E-state index contributed by atoms with van der Waals surface area (Å²) in [7, 11) is 0. The Morgan fingerprint density at radius 2 is 1.71 bits per heavy atom. The van der Waals surface area contributed by atoms with E-state index in [1.54, 1.807) is 0 Å². The van der Waals surface area contributed by atoms with E-state index < -0.39 is 58.9 Å². The van der Waals surface area contributed by atoms with E-state index in [9.17, 15) is 40.3 Å². The number of fused-ring (bicyclic) bond motifs is 1. The van der Waals surface area contributed by atoms with E-state index in [1.165, 1.54) is 24.3 Å². The van der Waals surface area contributed by atoms with E-state index >= 15 is 0 Å². The second-order valence-corrected chi connectivity index (χ2v) is 9.42. The van der Waals surface area contributed by atoms with Crippen molar-refractivity contribution in [2.75, 3.05) is 5.32 Å². The summed E-state index contributed by atoms with van der Waals surface area (Å²) >= 11 is 6.27. The Kier molecular flexibility index (Phi) is 7.20. The lowest BCUT2D eigenvalue weighted by molar-refractivity contribution is -0.137. The zero-order valence-electron chi connectivity index (χ0n) is 20.3. The van der Waals surface area contributed by atoms with Crippen molar-refractivity contribution in [1.82, 2.24) is 10.3 Å². The van der Waals surface area contributed by atoms with Gasteiger partial charge >= 0.3 is 6.18 Å². The molecule has 0 saturated heterocycles. The Morgan fingerprint density at radius 3 is 2.37 bits per heavy atom. The minimum atomic E-state index is -4.94. The van der Waals surface area contributed by atoms with E-state index in [-0.39, 0.29) is 44.6 Å². The van der Waals surface area contributed by atoms with Crippen molar-refractivity contribution in [3.05, 3.63) is 117 Å². The third kappa shape index (κ3) is 5.60. The maximum absolute atomic E-state index is 14.1. The smallest absolute Gasteiger partial charge is 0.341 e. The summed E-state index contributed by atoms with van der Waals surface area (Å²) in [6, 6.07) is 8.69. The topological polar surface area (TPSA) is 71.1 Å². The molecule has 3 aromatic carbocycles. The molecule has 4 aromatic rings. The molecule has 0 spiro atoms. The fraction of sp³-hybridized carbons (Fsp3) is 0.107. The van der Waals surface area contributed by atoms with Gasteiger partial charge < -0.3 is 10.6 Å². The van der Waals surface area contributed by atoms with E-state index in [4.69, 9.17) is 11.6 Å². The predicted octanol–water partition coefficient (Wildman–Crippen LogP) is 7.72. The molecule has 210 valence electrons. The van der Waals surface area contributed by atoms with Crippen molar-refractivity contribution < 1.29 is 40.3 Å². The summed E-state index contributed by atoms with van der Waals surface area (Å²) in [4.78, 5) is 29.8. The van der Waals surface area contributed by atoms with Gasteiger partial charge in [0.05, 0.1) is 11.6 Å². The highest BCUT2D eigenvalue weighted by molar-refractivity contribution is 6.31. The zero-order chi connectivity index (χ0) is 29.6. The molecule has 5 rings (SSSR count). The van der Waals surface area contributed by atoms with Crippen LogP contribution in [0.25, 0.3) is 11.1 Å². The van der Waals surface area contributed by atoms with Crippen LogP contribution in [0.2, 0.25) is 5.02 Å². The molecule has 1 aliphatic heterocycles. The van der Waals surface area contributed by atoms with Crippen molar-refractivity contribution >= 4 is 29.1 Å². The normalized spacial score (nSPS) is 14.7. The van der Waals surface area contributed by atoms with Gasteiger partial charge in [-0.2, -0.15) is 13.2 Å². The van der Waals surface area contributed by atoms with Gasteiger partial charge in [-0.3, -0.25) is 14.6 Å². The van der Waals surface area contributed by atoms with Crippen molar-refractivity contribution in [2.24, 2.45) is 0 Å². The van der Waals surface area contributed by atoms with Crippen molar-refractivity contribution in [3.63, 3.8) is 0 Å². The van der Waals surface area contributed by atoms with Crippen LogP contribution in [-0.2, 0) is 6.18 Å². The lowest BCUT2D eigenvalue weighted by atomic mass is 9.93. The number of carbonyl (C=O) groups is 2. The first-order chi connectivity index (χ1) is 19.3. The van der Waals surface area contributed by atoms with Gasteiger partial charge in [-0.15, -0.1) is 0 Å². The SMILES string of the molecule is O=C(Nc1cc(-c2ccc(C(F)F)nc2)cc2c1[C@H](c1cc(F)ccc1Cl)NC2=O)c1cc(F)cc(C(F)(F)F)c1. The van der Waals surface area contributed by atoms with Crippen molar-refractivity contribution in [1.29, 1.82) is 0 Å². The molecule has 2 N–H and O–H groups in total. The highest BCUT2D eigenvalue weighted by Crippen LogP contribution is 2.42. The van der Waals surface area contributed by atoms with Crippen LogP contribution in [-0.4, -0.2) is 16.8 Å². The number of nitrogens with zero attached hydrogens (tertiary/aromatic N) is 1. The monoisotopic (exact) mass is 593 g/mol. The average Bonchev–Trinajstić information content (AvgIpc) is 3.25. The molecule has 1 atom stereocenters. The molecule has 13 heteroatoms. The third-order valence-electron chi connectivity index (χ3n) is 6.34. The summed E-state index contributed by atoms with van der Waals surface area (Å²) < 4.78 is 93.9. The molecule has 0 fully saturated rings. The molecule has 0 unspecified atom stereocenters. The second-order valence-electron chi connectivity index (χ2n) is 9.01. The third-order valence-corrected chi connectivity index (χ3v) is 6.68. The highest BCUT2D eigenvalue weighted by atomic mass is 35.5. The van der Waals surface area contributed by atoms with E-state index in [0.717, 1.165) is 24.4 Å². The van der Waals surface area contributed by atoms with Crippen molar-refractivity contribution in [2.45, 2.75) is 18.6 Å². The number of carbonyl (C=O) groups excluding carboxylic acids is 2. The maximum atomic E-state index is 14.1. The number of benzene rings is 3. The molecule has 0 radical (unpaired) electrons. The lowest BCUT2D eigenvalue weighted by Gasteiger charge is -2.19. The van der Waals surface area contributed by atoms with Gasteiger partial charge in [-0.05, 0) is 60.2 Å². The van der Waals surface area contributed by atoms with Crippen molar-refractivity contribution in [3.8, 4) is 11.1 Å². The highest BCUT2D eigenvalue weighted by Gasteiger charge is 2.36. The molecule has 1 aromatic heterocycles. The minimum Gasteiger partial charge on any atom is -0.341 e. The number of halogens is 8. The average molecular weight is 594 g/mol. The molecule has 2 heterocycles. The molecule has 5 nitrogen and oxygen atoms in total. The van der Waals surface area contributed by atoms with Crippen LogP contribution in [0.5, 0.6) is 0 Å². The number of nitrogens with one attached hydrogen (secondary N) is 2. The Labute approximate surface area is 232 Å². The van der Waals surface area contributed by atoms with Gasteiger partial charge in [0.2, 0.25) is 0 Å². The number of amides is 2. The molecular formula is C28H15ClF7N3O2. The Hall–Kier alpha value is -4.45. The number of hydrogen-bond acceptors (Lipinski definition) is 3. The predicted molar refractivity (Wildman–Crippen MR) is 135 cm³/mol. The maximum Gasteiger partial charge on any atom is 0.416 e. The van der Waals surface area contributed by atoms with Crippen LogP contribution >= 0.6 is 11.6 Å². The van der Waals surface area contributed by atoms with Crippen LogP contribution in [0.4, 0.5) is 36.4 Å². The van der Waals surface area contributed by atoms with Gasteiger partial charge in [0.25, 0.3) is 18.2 Å². The molecule has 0 bridgehead atoms. The van der Waals surface area contributed by atoms with Gasteiger partial charge in [0.1, 0.15) is 17.3 Å². The summed E-state index contributed by atoms with van der Waals surface area (Å²) in [5.41, 5.74) is -1.99. The second kappa shape index (κ2) is 10.5. The summed E-state index contributed by atoms with van der Waals surface area (Å²) in [6.45, 7) is 0. The van der Waals surface area contributed by atoms with Crippen LogP contribution in [0, 0.1) is 11.6 Å². The molecule has 0 aliphatic carbocycles. The fourth-order valence-electron chi connectivity index (χ4n) is 4.46. The Balaban J connectivity index is 1.65. The Morgan fingerprint density at radius 1 is 0.951 bits per heavy atom. The molecule has 0 saturated carbocycles. The van der Waals surface area contributed by atoms with E-state index in [2.05, 4.69) is 15.6 Å². The summed E-state index contributed by atoms with van der Waals surface area (Å²) in [5, 5.41) is 5.12. The van der Waals surface area contributed by atoms with Crippen LogP contribution in [0.15, 0.2) is 66.9 Å². The van der Waals surface area contributed by atoms with Crippen LogP contribution in [0.1, 0.15) is 55.6 Å². The standard InChI is InChI=1S/C28H15ClF7N3O2/c29-20-3-2-16(30)10-18(20)24-23-19(27(41)39-24)7-13(12-1-4-21(25(32)33)37-11-12)8-22(23)38-26(40)14-5-15(28(34,35)36)9-17(31)6-14/h1-11,24-25H,(H,38,40)(H,39,41)/t24-/m0/s1. The first kappa shape index (κ1) is 28.1. The van der Waals surface area contributed by atoms with Gasteiger partial charge in [-0.1, -0.05) is 17.7 Å². The number of anilines is 1. The molecular weight excluding hydrogens is 579 g/mol. The number of rotatable bonds is 5. The first-order valence-corrected chi connectivity index (χ1v) is 12.1. The largest absolute Gasteiger partial charge is 0.416 e. The number of aromatic nitrogens is 1. The zero-order valence-corrected chi connectivity index (χ0v) is 21.0. The van der Waals surface area contributed by atoms with Crippen LogP contribution < -0.4 is 10.6 Å². The molecule has 1 aliphatic rings. The number of alkyl halides is 5. The van der Waals surface area contributed by atoms with Gasteiger partial charge in [0, 0.05) is 44.7 Å². The van der Waals surface area contributed by atoms with Gasteiger partial charge in [-0.25, -0.2) is 17.6 Å².